The van der Waals surface area contributed by atoms with Crippen LogP contribution in [0.25, 0.3) is 10.8 Å². The number of fused-ring (bicyclic) bond motifs is 1. The smallest absolute Gasteiger partial charge is 0.150 e. The van der Waals surface area contributed by atoms with Gasteiger partial charge in [0.15, 0.2) is 9.84 Å². The number of carbonyl (C=O) groups is 2. The fraction of sp³-hybridized carbons (Fsp3) is 0.417. The Morgan fingerprint density at radius 1 is 1.14 bits per heavy atom. The van der Waals surface area contributed by atoms with E-state index in [0.717, 1.165) is 21.9 Å². The Balaban J connectivity index is 1.51. The van der Waals surface area contributed by atoms with Crippen LogP contribution in [0.2, 0.25) is 0 Å². The van der Waals surface area contributed by atoms with Crippen molar-refractivity contribution >= 4 is 32.2 Å². The normalized spacial score (nSPS) is 28.9. The number of hydrogen-bond donors (Lipinski definition) is 0. The van der Waals surface area contributed by atoms with E-state index >= 15 is 0 Å². The molecule has 5 heteroatoms. The average Bonchev–Trinajstić information content (AvgIpc) is 3.12. The van der Waals surface area contributed by atoms with E-state index in [2.05, 4.69) is 30.8 Å². The third-order valence-corrected chi connectivity index (χ3v) is 8.54. The van der Waals surface area contributed by atoms with Gasteiger partial charge in [-0.1, -0.05) is 61.5 Å². The molecule has 2 aromatic rings. The predicted molar refractivity (Wildman–Crippen MR) is 115 cm³/mol. The lowest BCUT2D eigenvalue weighted by molar-refractivity contribution is -0.126. The molecule has 2 fully saturated rings. The van der Waals surface area contributed by atoms with E-state index in [1.54, 1.807) is 0 Å². The Labute approximate surface area is 171 Å². The molecule has 29 heavy (non-hydrogen) atoms. The van der Waals surface area contributed by atoms with Gasteiger partial charge in [0.05, 0.1) is 11.5 Å². The van der Waals surface area contributed by atoms with Crippen LogP contribution in [0.3, 0.4) is 0 Å². The maximum Gasteiger partial charge on any atom is 0.150 e. The minimum atomic E-state index is -3.00. The Kier molecular flexibility index (Phi) is 4.97. The molecule has 1 saturated carbocycles. The highest BCUT2D eigenvalue weighted by Crippen LogP contribution is 2.47. The molecule has 0 spiro atoms. The molecule has 3 unspecified atom stereocenters. The molecule has 1 saturated heterocycles. The Morgan fingerprint density at radius 3 is 2.55 bits per heavy atom. The fourth-order valence-corrected chi connectivity index (χ4v) is 6.75. The van der Waals surface area contributed by atoms with Crippen LogP contribution in [0, 0.1) is 11.8 Å². The summed E-state index contributed by atoms with van der Waals surface area (Å²) in [5.74, 6) is -0.304. The molecule has 4 rings (SSSR count). The minimum Gasteiger partial charge on any atom is -0.300 e. The van der Waals surface area contributed by atoms with E-state index < -0.39 is 21.2 Å². The van der Waals surface area contributed by atoms with E-state index in [1.165, 1.54) is 0 Å². The largest absolute Gasteiger partial charge is 0.300 e. The maximum atomic E-state index is 12.8. The van der Waals surface area contributed by atoms with E-state index in [4.69, 9.17) is 0 Å². The summed E-state index contributed by atoms with van der Waals surface area (Å²) in [6, 6.07) is 14.3. The van der Waals surface area contributed by atoms with E-state index in [1.807, 2.05) is 25.1 Å². The number of rotatable bonds is 5. The first-order valence-corrected chi connectivity index (χ1v) is 11.9. The molecule has 2 aliphatic rings. The van der Waals surface area contributed by atoms with Crippen molar-refractivity contribution in [3.63, 3.8) is 0 Å². The van der Waals surface area contributed by atoms with Gasteiger partial charge in [0, 0.05) is 30.6 Å². The first-order chi connectivity index (χ1) is 13.7. The second kappa shape index (κ2) is 7.21. The molecule has 0 N–H and O–H groups in total. The third-order valence-electron chi connectivity index (χ3n) is 6.71. The molecule has 0 bridgehead atoms. The van der Waals surface area contributed by atoms with Crippen LogP contribution < -0.4 is 0 Å². The fourth-order valence-electron chi connectivity index (χ4n) is 4.89. The second-order valence-corrected chi connectivity index (χ2v) is 11.1. The molecule has 2 aromatic carbocycles. The van der Waals surface area contributed by atoms with Crippen LogP contribution in [-0.2, 0) is 24.8 Å². The highest BCUT2D eigenvalue weighted by Gasteiger charge is 2.46. The van der Waals surface area contributed by atoms with Crippen molar-refractivity contribution in [3.05, 3.63) is 60.2 Å². The van der Waals surface area contributed by atoms with Gasteiger partial charge in [-0.05, 0) is 28.7 Å². The van der Waals surface area contributed by atoms with Crippen molar-refractivity contribution in [2.24, 2.45) is 11.8 Å². The van der Waals surface area contributed by atoms with E-state index in [9.17, 15) is 18.0 Å². The number of benzene rings is 2. The zero-order valence-corrected chi connectivity index (χ0v) is 17.5. The molecule has 152 valence electrons. The van der Waals surface area contributed by atoms with Gasteiger partial charge in [0.25, 0.3) is 0 Å². The van der Waals surface area contributed by atoms with Crippen LogP contribution in [0.1, 0.15) is 38.2 Å². The summed E-state index contributed by atoms with van der Waals surface area (Å²) in [6.45, 7) is 6.27. The van der Waals surface area contributed by atoms with Crippen LogP contribution >= 0.6 is 0 Å². The first-order valence-electron chi connectivity index (χ1n) is 10.1. The lowest BCUT2D eigenvalue weighted by Crippen LogP contribution is -2.22. The number of ketones is 2. The van der Waals surface area contributed by atoms with Gasteiger partial charge in [-0.25, -0.2) is 8.42 Å². The predicted octanol–water partition coefficient (Wildman–Crippen LogP) is 4.03. The average molecular weight is 411 g/mol. The topological polar surface area (TPSA) is 68.3 Å². The molecule has 3 atom stereocenters. The molecular formula is C24H26O4S. The SMILES string of the molecule is C=C1C(CC(=O)CC2CCS(=O)(=O)C2)C(=O)CC1(C)c1ccc2ccccc2c1. The summed E-state index contributed by atoms with van der Waals surface area (Å²) >= 11 is 0. The molecule has 0 radical (unpaired) electrons. The van der Waals surface area contributed by atoms with Gasteiger partial charge in [-0.3, -0.25) is 9.59 Å². The Hall–Kier alpha value is -2.27. The summed E-state index contributed by atoms with van der Waals surface area (Å²) < 4.78 is 23.3. The number of allylic oxidation sites excluding steroid dienone is 1. The van der Waals surface area contributed by atoms with Crippen LogP contribution in [0.4, 0.5) is 0 Å². The van der Waals surface area contributed by atoms with Crippen molar-refractivity contribution in [2.75, 3.05) is 11.5 Å². The zero-order chi connectivity index (χ0) is 20.8. The monoisotopic (exact) mass is 410 g/mol. The summed E-state index contributed by atoms with van der Waals surface area (Å²) in [5, 5.41) is 2.27. The molecule has 0 aromatic heterocycles. The van der Waals surface area contributed by atoms with Crippen molar-refractivity contribution < 1.29 is 18.0 Å². The van der Waals surface area contributed by atoms with Gasteiger partial charge in [-0.2, -0.15) is 0 Å². The molecule has 0 amide bonds. The standard InChI is InChI=1S/C24H26O4S/c1-16-22(13-21(25)11-17-9-10-29(27,28)15-17)23(26)14-24(16,2)20-8-7-18-5-3-4-6-19(18)12-20/h3-8,12,17,22H,1,9-11,13-15H2,2H3. The van der Waals surface area contributed by atoms with Gasteiger partial charge in [-0.15, -0.1) is 0 Å². The minimum absolute atomic E-state index is 0.0330. The summed E-state index contributed by atoms with van der Waals surface area (Å²) in [7, 11) is -3.00. The Morgan fingerprint density at radius 2 is 1.86 bits per heavy atom. The lowest BCUT2D eigenvalue weighted by atomic mass is 9.76. The summed E-state index contributed by atoms with van der Waals surface area (Å²) in [5.41, 5.74) is 1.36. The highest BCUT2D eigenvalue weighted by atomic mass is 32.2. The third kappa shape index (κ3) is 3.80. The molecule has 1 heterocycles. The van der Waals surface area contributed by atoms with Crippen molar-refractivity contribution in [1.82, 2.24) is 0 Å². The van der Waals surface area contributed by atoms with Crippen molar-refractivity contribution in [2.45, 2.75) is 38.0 Å². The van der Waals surface area contributed by atoms with E-state index in [0.29, 0.717) is 12.8 Å². The second-order valence-electron chi connectivity index (χ2n) is 8.83. The highest BCUT2D eigenvalue weighted by molar-refractivity contribution is 7.91. The molecule has 1 aliphatic carbocycles. The van der Waals surface area contributed by atoms with Crippen LogP contribution in [0.15, 0.2) is 54.6 Å². The Bertz CT molecular complexity index is 1110. The summed E-state index contributed by atoms with van der Waals surface area (Å²) in [6.07, 6.45) is 1.27. The van der Waals surface area contributed by atoms with E-state index in [-0.39, 0.29) is 41.8 Å². The van der Waals surface area contributed by atoms with Crippen LogP contribution in [0.5, 0.6) is 0 Å². The van der Waals surface area contributed by atoms with Crippen molar-refractivity contribution in [3.8, 4) is 0 Å². The number of carbonyl (C=O) groups excluding carboxylic acids is 2. The zero-order valence-electron chi connectivity index (χ0n) is 16.7. The lowest BCUT2D eigenvalue weighted by Gasteiger charge is -2.27. The van der Waals surface area contributed by atoms with Gasteiger partial charge in [0.2, 0.25) is 0 Å². The maximum absolute atomic E-state index is 12.8. The van der Waals surface area contributed by atoms with Gasteiger partial charge in [0.1, 0.15) is 11.6 Å². The molecule has 1 aliphatic heterocycles. The number of Topliss-reactive ketones (excluding diaryl/α,β-unsaturated/α-hetero) is 2. The first kappa shape index (κ1) is 20.0. The molecular weight excluding hydrogens is 384 g/mol. The van der Waals surface area contributed by atoms with Crippen molar-refractivity contribution in [1.29, 1.82) is 0 Å². The summed E-state index contributed by atoms with van der Waals surface area (Å²) in [4.78, 5) is 25.4. The quantitative estimate of drug-likeness (QED) is 0.698. The number of sulfone groups is 1. The van der Waals surface area contributed by atoms with Gasteiger partial charge >= 0.3 is 0 Å². The van der Waals surface area contributed by atoms with Crippen LogP contribution in [-0.4, -0.2) is 31.5 Å². The molecule has 4 nitrogen and oxygen atoms in total. The number of hydrogen-bond acceptors (Lipinski definition) is 4. The van der Waals surface area contributed by atoms with Gasteiger partial charge < -0.3 is 0 Å².